The van der Waals surface area contributed by atoms with Gasteiger partial charge in [0.2, 0.25) is 0 Å². The van der Waals surface area contributed by atoms with Gasteiger partial charge in [-0.25, -0.2) is 4.68 Å². The smallest absolute Gasteiger partial charge is 0.266 e. The van der Waals surface area contributed by atoms with Gasteiger partial charge in [-0.2, -0.15) is 5.10 Å². The molecule has 0 saturated carbocycles. The lowest BCUT2D eigenvalue weighted by Gasteiger charge is -2.09. The van der Waals surface area contributed by atoms with Crippen LogP contribution in [-0.2, 0) is 6.54 Å². The summed E-state index contributed by atoms with van der Waals surface area (Å²) in [6.07, 6.45) is 1.65. The third-order valence-corrected chi connectivity index (χ3v) is 4.22. The van der Waals surface area contributed by atoms with Crippen LogP contribution in [0.15, 0.2) is 54.0 Å². The number of benzene rings is 1. The normalized spacial score (nSPS) is 10.5. The number of thiophene rings is 1. The van der Waals surface area contributed by atoms with Crippen LogP contribution in [0, 0.1) is 0 Å². The van der Waals surface area contributed by atoms with Crippen LogP contribution in [0.25, 0.3) is 0 Å². The largest absolute Gasteiger partial charge is 0.306 e. The summed E-state index contributed by atoms with van der Waals surface area (Å²) in [5.41, 5.74) is 0.953. The number of nitrogens with zero attached hydrogens (tertiary/aromatic N) is 2. The fourth-order valence-corrected chi connectivity index (χ4v) is 2.75. The van der Waals surface area contributed by atoms with Crippen molar-refractivity contribution in [1.29, 1.82) is 0 Å². The average molecular weight is 318 g/mol. The molecule has 4 nitrogen and oxygen atoms in total. The van der Waals surface area contributed by atoms with Gasteiger partial charge in [0.15, 0.2) is 0 Å². The summed E-state index contributed by atoms with van der Waals surface area (Å²) in [5.74, 6) is 0.513. The third-order valence-electron chi connectivity index (χ3n) is 2.98. The monoisotopic (exact) mass is 317 g/mol. The van der Waals surface area contributed by atoms with Crippen molar-refractivity contribution in [2.75, 3.05) is 5.32 Å². The number of amides is 1. The van der Waals surface area contributed by atoms with E-state index in [2.05, 4.69) is 10.4 Å². The van der Waals surface area contributed by atoms with Crippen LogP contribution in [0.1, 0.15) is 15.2 Å². The van der Waals surface area contributed by atoms with Crippen molar-refractivity contribution < 1.29 is 4.79 Å². The Morgan fingerprint density at radius 3 is 2.86 bits per heavy atom. The summed E-state index contributed by atoms with van der Waals surface area (Å²) in [4.78, 5) is 12.7. The van der Waals surface area contributed by atoms with Crippen LogP contribution < -0.4 is 5.32 Å². The van der Waals surface area contributed by atoms with Gasteiger partial charge in [-0.15, -0.1) is 11.3 Å². The lowest BCUT2D eigenvalue weighted by Crippen LogP contribution is -2.15. The molecule has 0 spiro atoms. The molecule has 2 aromatic heterocycles. The number of halogens is 1. The molecule has 2 heterocycles. The second-order valence-electron chi connectivity index (χ2n) is 4.40. The molecule has 0 aliphatic rings. The van der Waals surface area contributed by atoms with Crippen LogP contribution in [0.4, 0.5) is 5.82 Å². The molecule has 1 amide bonds. The Hall–Kier alpha value is -2.11. The van der Waals surface area contributed by atoms with Gasteiger partial charge in [-0.3, -0.25) is 4.79 Å². The maximum absolute atomic E-state index is 12.1. The summed E-state index contributed by atoms with van der Waals surface area (Å²) in [7, 11) is 0. The average Bonchev–Trinajstić information content (AvgIpc) is 3.13. The molecule has 0 unspecified atom stereocenters. The van der Waals surface area contributed by atoms with Gasteiger partial charge in [-0.05, 0) is 23.1 Å². The number of carbonyl (C=O) groups excluding carboxylic acids is 1. The highest BCUT2D eigenvalue weighted by molar-refractivity contribution is 7.12. The van der Waals surface area contributed by atoms with Crippen molar-refractivity contribution >= 4 is 34.7 Å². The van der Waals surface area contributed by atoms with Gasteiger partial charge in [-0.1, -0.05) is 35.9 Å². The van der Waals surface area contributed by atoms with Gasteiger partial charge in [0.25, 0.3) is 5.91 Å². The van der Waals surface area contributed by atoms with Crippen LogP contribution in [0.2, 0.25) is 5.02 Å². The summed E-state index contributed by atoms with van der Waals surface area (Å²) >= 11 is 7.56. The molecule has 0 bridgehead atoms. The molecule has 0 atom stereocenters. The van der Waals surface area contributed by atoms with Crippen molar-refractivity contribution in [1.82, 2.24) is 9.78 Å². The maximum atomic E-state index is 12.1. The molecule has 0 aliphatic heterocycles. The second kappa shape index (κ2) is 6.11. The van der Waals surface area contributed by atoms with Gasteiger partial charge in [0, 0.05) is 11.1 Å². The molecule has 1 aromatic carbocycles. The van der Waals surface area contributed by atoms with E-state index in [4.69, 9.17) is 11.6 Å². The summed E-state index contributed by atoms with van der Waals surface area (Å²) in [6, 6.07) is 13.0. The molecule has 0 aliphatic carbocycles. The molecular formula is C15H12ClN3OS. The SMILES string of the molecule is O=C(Nc1ccnn1Cc1ccccc1Cl)c1cccs1. The topological polar surface area (TPSA) is 46.9 Å². The van der Waals surface area contributed by atoms with Crippen molar-refractivity contribution in [2.24, 2.45) is 0 Å². The van der Waals surface area contributed by atoms with E-state index in [1.807, 2.05) is 35.7 Å². The van der Waals surface area contributed by atoms with Gasteiger partial charge in [0.05, 0.1) is 17.6 Å². The Labute approximate surface area is 131 Å². The lowest BCUT2D eigenvalue weighted by atomic mass is 10.2. The van der Waals surface area contributed by atoms with E-state index in [-0.39, 0.29) is 5.91 Å². The summed E-state index contributed by atoms with van der Waals surface area (Å²) < 4.78 is 1.72. The van der Waals surface area contributed by atoms with Crippen LogP contribution >= 0.6 is 22.9 Å². The third kappa shape index (κ3) is 3.15. The standard InChI is InChI=1S/C15H12ClN3OS/c16-12-5-2-1-4-11(12)10-19-14(7-8-17-19)18-15(20)13-6-3-9-21-13/h1-9H,10H2,(H,18,20). The highest BCUT2D eigenvalue weighted by atomic mass is 35.5. The first kappa shape index (κ1) is 13.9. The van der Waals surface area contributed by atoms with E-state index in [1.54, 1.807) is 23.0 Å². The van der Waals surface area contributed by atoms with Crippen molar-refractivity contribution in [3.63, 3.8) is 0 Å². The molecule has 6 heteroatoms. The van der Waals surface area contributed by atoms with E-state index >= 15 is 0 Å². The quantitative estimate of drug-likeness (QED) is 0.793. The van der Waals surface area contributed by atoms with E-state index in [0.717, 1.165) is 5.56 Å². The first-order valence-electron chi connectivity index (χ1n) is 6.34. The Kier molecular flexibility index (Phi) is 4.03. The Morgan fingerprint density at radius 1 is 1.24 bits per heavy atom. The van der Waals surface area contributed by atoms with E-state index in [1.165, 1.54) is 11.3 Å². The predicted octanol–water partition coefficient (Wildman–Crippen LogP) is 3.90. The summed E-state index contributed by atoms with van der Waals surface area (Å²) in [5, 5.41) is 9.65. The zero-order chi connectivity index (χ0) is 14.7. The zero-order valence-corrected chi connectivity index (χ0v) is 12.6. The number of hydrogen-bond donors (Lipinski definition) is 1. The number of aromatic nitrogens is 2. The van der Waals surface area contributed by atoms with E-state index in [0.29, 0.717) is 22.3 Å². The van der Waals surface area contributed by atoms with Gasteiger partial charge < -0.3 is 5.32 Å². The number of rotatable bonds is 4. The van der Waals surface area contributed by atoms with Crippen molar-refractivity contribution in [3.05, 3.63) is 69.5 Å². The minimum Gasteiger partial charge on any atom is -0.306 e. The second-order valence-corrected chi connectivity index (χ2v) is 5.75. The molecule has 1 N–H and O–H groups in total. The zero-order valence-electron chi connectivity index (χ0n) is 11.0. The molecule has 3 aromatic rings. The fourth-order valence-electron chi connectivity index (χ4n) is 1.94. The van der Waals surface area contributed by atoms with E-state index < -0.39 is 0 Å². The van der Waals surface area contributed by atoms with Crippen molar-refractivity contribution in [2.45, 2.75) is 6.54 Å². The molecule has 21 heavy (non-hydrogen) atoms. The number of nitrogens with one attached hydrogen (secondary N) is 1. The van der Waals surface area contributed by atoms with Crippen LogP contribution in [-0.4, -0.2) is 15.7 Å². The molecule has 0 saturated heterocycles. The van der Waals surface area contributed by atoms with Crippen LogP contribution in [0.5, 0.6) is 0 Å². The van der Waals surface area contributed by atoms with Gasteiger partial charge in [0.1, 0.15) is 5.82 Å². The predicted molar refractivity (Wildman–Crippen MR) is 85.1 cm³/mol. The molecule has 0 radical (unpaired) electrons. The Morgan fingerprint density at radius 2 is 2.10 bits per heavy atom. The van der Waals surface area contributed by atoms with Gasteiger partial charge >= 0.3 is 0 Å². The molecule has 106 valence electrons. The van der Waals surface area contributed by atoms with Crippen LogP contribution in [0.3, 0.4) is 0 Å². The number of carbonyl (C=O) groups is 1. The summed E-state index contributed by atoms with van der Waals surface area (Å²) in [6.45, 7) is 0.507. The van der Waals surface area contributed by atoms with Crippen molar-refractivity contribution in [3.8, 4) is 0 Å². The fraction of sp³-hybridized carbons (Fsp3) is 0.0667. The number of anilines is 1. The first-order valence-corrected chi connectivity index (χ1v) is 7.60. The Balaban J connectivity index is 1.78. The highest BCUT2D eigenvalue weighted by Crippen LogP contribution is 2.19. The minimum atomic E-state index is -0.133. The molecule has 0 fully saturated rings. The highest BCUT2D eigenvalue weighted by Gasteiger charge is 2.11. The molecular weight excluding hydrogens is 306 g/mol. The first-order chi connectivity index (χ1) is 10.2. The molecule has 3 rings (SSSR count). The Bertz CT molecular complexity index is 752. The van der Waals surface area contributed by atoms with E-state index in [9.17, 15) is 4.79 Å². The lowest BCUT2D eigenvalue weighted by molar-refractivity contribution is 0.102. The maximum Gasteiger partial charge on any atom is 0.266 e. The minimum absolute atomic E-state index is 0.133. The number of hydrogen-bond acceptors (Lipinski definition) is 3.